The van der Waals surface area contributed by atoms with Crippen LogP contribution in [0.4, 0.5) is 5.69 Å². The molecule has 1 N–H and O–H groups in total. The summed E-state index contributed by atoms with van der Waals surface area (Å²) in [5.41, 5.74) is 2.40. The SMILES string of the molecule is Clc1cc(Cl)cc(NC2CC(c3cccc(Br)c3)C2)c1. The predicted molar refractivity (Wildman–Crippen MR) is 90.0 cm³/mol. The molecule has 2 aromatic carbocycles. The summed E-state index contributed by atoms with van der Waals surface area (Å²) in [5, 5.41) is 4.83. The lowest BCUT2D eigenvalue weighted by Gasteiger charge is -2.37. The van der Waals surface area contributed by atoms with Crippen molar-refractivity contribution in [1.82, 2.24) is 0 Å². The van der Waals surface area contributed by atoms with Crippen molar-refractivity contribution in [3.8, 4) is 0 Å². The quantitative estimate of drug-likeness (QED) is 0.686. The molecule has 0 saturated heterocycles. The van der Waals surface area contributed by atoms with Gasteiger partial charge in [-0.05, 0) is 54.7 Å². The number of halogens is 3. The molecule has 20 heavy (non-hydrogen) atoms. The highest BCUT2D eigenvalue weighted by Crippen LogP contribution is 2.39. The van der Waals surface area contributed by atoms with Crippen molar-refractivity contribution < 1.29 is 0 Å². The van der Waals surface area contributed by atoms with E-state index in [1.165, 1.54) is 5.56 Å². The number of hydrogen-bond donors (Lipinski definition) is 1. The van der Waals surface area contributed by atoms with Gasteiger partial charge in [0.05, 0.1) is 0 Å². The van der Waals surface area contributed by atoms with Crippen LogP contribution >= 0.6 is 39.1 Å². The first kappa shape index (κ1) is 14.2. The number of hydrogen-bond acceptors (Lipinski definition) is 1. The smallest absolute Gasteiger partial charge is 0.0441 e. The molecular weight excluding hydrogens is 357 g/mol. The fourth-order valence-electron chi connectivity index (χ4n) is 2.64. The monoisotopic (exact) mass is 369 g/mol. The molecule has 0 radical (unpaired) electrons. The second kappa shape index (κ2) is 5.97. The molecule has 0 aromatic heterocycles. The van der Waals surface area contributed by atoms with Crippen LogP contribution in [0.2, 0.25) is 10.0 Å². The third-order valence-electron chi connectivity index (χ3n) is 3.69. The second-order valence-corrected chi connectivity index (χ2v) is 7.01. The Hall–Kier alpha value is -0.700. The van der Waals surface area contributed by atoms with Crippen LogP contribution in [-0.4, -0.2) is 6.04 Å². The highest BCUT2D eigenvalue weighted by molar-refractivity contribution is 9.10. The van der Waals surface area contributed by atoms with E-state index in [4.69, 9.17) is 23.2 Å². The van der Waals surface area contributed by atoms with Crippen molar-refractivity contribution in [2.75, 3.05) is 5.32 Å². The number of rotatable bonds is 3. The van der Waals surface area contributed by atoms with E-state index in [2.05, 4.69) is 45.5 Å². The fraction of sp³-hybridized carbons (Fsp3) is 0.250. The fourth-order valence-corrected chi connectivity index (χ4v) is 3.58. The van der Waals surface area contributed by atoms with Crippen molar-refractivity contribution in [3.63, 3.8) is 0 Å². The van der Waals surface area contributed by atoms with Crippen LogP contribution in [0.25, 0.3) is 0 Å². The number of benzene rings is 2. The van der Waals surface area contributed by atoms with Crippen LogP contribution in [0.3, 0.4) is 0 Å². The first-order valence-corrected chi connectivity index (χ1v) is 8.13. The van der Waals surface area contributed by atoms with Gasteiger partial charge in [0.15, 0.2) is 0 Å². The summed E-state index contributed by atoms with van der Waals surface area (Å²) in [4.78, 5) is 0. The lowest BCUT2D eigenvalue weighted by atomic mass is 9.76. The molecule has 1 aliphatic carbocycles. The Morgan fingerprint density at radius 2 is 1.70 bits per heavy atom. The van der Waals surface area contributed by atoms with Crippen LogP contribution in [-0.2, 0) is 0 Å². The lowest BCUT2D eigenvalue weighted by molar-refractivity contribution is 0.374. The van der Waals surface area contributed by atoms with Crippen molar-refractivity contribution in [2.45, 2.75) is 24.8 Å². The summed E-state index contributed by atoms with van der Waals surface area (Å²) in [6.07, 6.45) is 2.28. The topological polar surface area (TPSA) is 12.0 Å². The molecule has 0 amide bonds. The Labute approximate surface area is 137 Å². The third-order valence-corrected chi connectivity index (χ3v) is 4.62. The highest BCUT2D eigenvalue weighted by atomic mass is 79.9. The molecule has 1 saturated carbocycles. The Morgan fingerprint density at radius 1 is 1.00 bits per heavy atom. The molecule has 3 rings (SSSR count). The van der Waals surface area contributed by atoms with Gasteiger partial charge in [-0.25, -0.2) is 0 Å². The molecule has 4 heteroatoms. The predicted octanol–water partition coefficient (Wildman–Crippen LogP) is 6.11. The zero-order chi connectivity index (χ0) is 14.1. The van der Waals surface area contributed by atoms with Gasteiger partial charge in [-0.1, -0.05) is 51.3 Å². The Balaban J connectivity index is 1.61. The largest absolute Gasteiger partial charge is 0.382 e. The van der Waals surface area contributed by atoms with Crippen molar-refractivity contribution >= 4 is 44.8 Å². The molecule has 1 nitrogen and oxygen atoms in total. The first-order chi connectivity index (χ1) is 9.60. The van der Waals surface area contributed by atoms with Gasteiger partial charge in [0.2, 0.25) is 0 Å². The van der Waals surface area contributed by atoms with Gasteiger partial charge in [0.25, 0.3) is 0 Å². The molecule has 1 fully saturated rings. The van der Waals surface area contributed by atoms with Crippen LogP contribution in [0.1, 0.15) is 24.3 Å². The van der Waals surface area contributed by atoms with Crippen molar-refractivity contribution in [1.29, 1.82) is 0 Å². The van der Waals surface area contributed by atoms with Gasteiger partial charge in [0, 0.05) is 26.2 Å². The van der Waals surface area contributed by atoms with Crippen LogP contribution in [0, 0.1) is 0 Å². The van der Waals surface area contributed by atoms with Crippen LogP contribution in [0.5, 0.6) is 0 Å². The standard InChI is InChI=1S/C16H14BrCl2N/c17-12-3-1-2-10(4-12)11-5-15(6-11)20-16-8-13(18)7-14(19)9-16/h1-4,7-9,11,15,20H,5-6H2. The van der Waals surface area contributed by atoms with Gasteiger partial charge in [-0.3, -0.25) is 0 Å². The van der Waals surface area contributed by atoms with E-state index < -0.39 is 0 Å². The van der Waals surface area contributed by atoms with Gasteiger partial charge in [-0.15, -0.1) is 0 Å². The average Bonchev–Trinajstić information content (AvgIpc) is 2.32. The number of nitrogens with one attached hydrogen (secondary N) is 1. The summed E-state index contributed by atoms with van der Waals surface area (Å²) in [6.45, 7) is 0. The Kier molecular flexibility index (Phi) is 4.25. The zero-order valence-corrected chi connectivity index (χ0v) is 13.8. The molecule has 0 unspecified atom stereocenters. The van der Waals surface area contributed by atoms with Gasteiger partial charge < -0.3 is 5.32 Å². The number of anilines is 1. The third kappa shape index (κ3) is 3.30. The molecule has 0 aliphatic heterocycles. The van der Waals surface area contributed by atoms with Gasteiger partial charge >= 0.3 is 0 Å². The van der Waals surface area contributed by atoms with E-state index in [0.717, 1.165) is 23.0 Å². The summed E-state index contributed by atoms with van der Waals surface area (Å²) in [6, 6.07) is 14.6. The second-order valence-electron chi connectivity index (χ2n) is 5.22. The maximum absolute atomic E-state index is 6.01. The maximum atomic E-state index is 6.01. The van der Waals surface area contributed by atoms with E-state index >= 15 is 0 Å². The van der Waals surface area contributed by atoms with Gasteiger partial charge in [-0.2, -0.15) is 0 Å². The summed E-state index contributed by atoms with van der Waals surface area (Å²) < 4.78 is 1.15. The molecule has 2 aromatic rings. The normalized spacial score (nSPS) is 21.4. The van der Waals surface area contributed by atoms with Crippen molar-refractivity contribution in [2.24, 2.45) is 0 Å². The maximum Gasteiger partial charge on any atom is 0.0441 e. The molecule has 0 atom stereocenters. The van der Waals surface area contributed by atoms with E-state index in [1.807, 2.05) is 12.1 Å². The van der Waals surface area contributed by atoms with E-state index in [0.29, 0.717) is 22.0 Å². The minimum atomic E-state index is 0.494. The Bertz CT molecular complexity index is 603. The summed E-state index contributed by atoms with van der Waals surface area (Å²) in [7, 11) is 0. The highest BCUT2D eigenvalue weighted by Gasteiger charge is 2.30. The first-order valence-electron chi connectivity index (χ1n) is 6.58. The summed E-state index contributed by atoms with van der Waals surface area (Å²) >= 11 is 15.5. The molecule has 0 bridgehead atoms. The van der Waals surface area contributed by atoms with Gasteiger partial charge in [0.1, 0.15) is 0 Å². The zero-order valence-electron chi connectivity index (χ0n) is 10.7. The van der Waals surface area contributed by atoms with Crippen molar-refractivity contribution in [3.05, 3.63) is 62.5 Å². The molecule has 104 valence electrons. The molecule has 0 heterocycles. The van der Waals surface area contributed by atoms with E-state index in [-0.39, 0.29) is 0 Å². The van der Waals surface area contributed by atoms with E-state index in [1.54, 1.807) is 6.07 Å². The minimum absolute atomic E-state index is 0.494. The Morgan fingerprint density at radius 3 is 2.35 bits per heavy atom. The average molecular weight is 371 g/mol. The van der Waals surface area contributed by atoms with Crippen LogP contribution < -0.4 is 5.32 Å². The van der Waals surface area contributed by atoms with Crippen LogP contribution in [0.15, 0.2) is 46.9 Å². The molecule has 0 spiro atoms. The summed E-state index contributed by atoms with van der Waals surface area (Å²) in [5.74, 6) is 0.639. The molecule has 1 aliphatic rings. The molecular formula is C16H14BrCl2N. The minimum Gasteiger partial charge on any atom is -0.382 e. The van der Waals surface area contributed by atoms with E-state index in [9.17, 15) is 0 Å². The lowest BCUT2D eigenvalue weighted by Crippen LogP contribution is -2.33.